The highest BCUT2D eigenvalue weighted by atomic mass is 16.7. The summed E-state index contributed by atoms with van der Waals surface area (Å²) in [6.45, 7) is 13.7. The molecule has 502 valence electrons. The number of hydrazone groups is 1. The van der Waals surface area contributed by atoms with Crippen molar-refractivity contribution in [1.82, 2.24) is 5.01 Å². The Bertz CT molecular complexity index is 3650. The fraction of sp³-hybridized carbons (Fsp3) is 0.431. The minimum atomic E-state index is -2.23. The van der Waals surface area contributed by atoms with E-state index in [1.54, 1.807) is 101 Å². The van der Waals surface area contributed by atoms with Crippen molar-refractivity contribution < 1.29 is 92.2 Å². The summed E-state index contributed by atoms with van der Waals surface area (Å²) in [6, 6.07) is 24.2. The third-order valence-corrected chi connectivity index (χ3v) is 17.6. The summed E-state index contributed by atoms with van der Waals surface area (Å²) in [5.74, 6) is -12.4. The molecule has 13 atom stereocenters. The third kappa shape index (κ3) is 15.9. The Kier molecular flexibility index (Phi) is 23.9. The average Bonchev–Trinajstić information content (AvgIpc) is 1.46. The Morgan fingerprint density at radius 1 is 0.702 bits per heavy atom. The maximum atomic E-state index is 15.2. The van der Waals surface area contributed by atoms with Gasteiger partial charge in [0.1, 0.15) is 36.1 Å². The van der Waals surface area contributed by atoms with Crippen LogP contribution in [-0.4, -0.2) is 147 Å². The monoisotopic (exact) mass is 1300 g/mol. The van der Waals surface area contributed by atoms with Gasteiger partial charge in [-0.1, -0.05) is 140 Å². The predicted molar refractivity (Wildman–Crippen MR) is 348 cm³/mol. The number of aromatic hydroxyl groups is 3. The first-order chi connectivity index (χ1) is 44.9. The van der Waals surface area contributed by atoms with Gasteiger partial charge in [-0.15, -0.1) is 0 Å². The average molecular weight is 1300 g/mol. The molecule has 5 bridgehead atoms. The zero-order valence-corrected chi connectivity index (χ0v) is 54.6. The highest BCUT2D eigenvalue weighted by Gasteiger charge is 2.54. The number of nitrogens with one attached hydrogen (secondary N) is 1. The van der Waals surface area contributed by atoms with Gasteiger partial charge in [0.15, 0.2) is 24.2 Å². The highest BCUT2D eigenvalue weighted by Crippen LogP contribution is 2.55. The van der Waals surface area contributed by atoms with Crippen LogP contribution in [0, 0.1) is 30.6 Å². The van der Waals surface area contributed by atoms with Crippen LogP contribution in [0.3, 0.4) is 0 Å². The maximum absolute atomic E-state index is 15.2. The number of unbranched alkanes of at least 4 members (excludes halogenated alkanes) is 5. The second-order valence-electron chi connectivity index (χ2n) is 24.3. The molecule has 4 heterocycles. The second kappa shape index (κ2) is 31.7. The van der Waals surface area contributed by atoms with E-state index >= 15 is 4.79 Å². The number of hydrogen-bond acceptors (Lipinski definition) is 21. The Balaban J connectivity index is 1.31. The summed E-state index contributed by atoms with van der Waals surface area (Å²) < 4.78 is 49.3. The van der Waals surface area contributed by atoms with Crippen molar-refractivity contribution in [2.45, 2.75) is 156 Å². The van der Waals surface area contributed by atoms with Gasteiger partial charge in [0.25, 0.3) is 11.7 Å². The number of esters is 4. The number of amides is 1. The number of carbonyl (C=O) groups excluding carboxylic acids is 6. The molecule has 1 saturated heterocycles. The molecule has 22 heteroatoms. The van der Waals surface area contributed by atoms with Gasteiger partial charge in [0, 0.05) is 67.7 Å². The molecule has 5 aromatic rings. The number of allylic oxidation sites excluding steroid dienone is 2. The van der Waals surface area contributed by atoms with Crippen molar-refractivity contribution in [1.29, 1.82) is 0 Å². The van der Waals surface area contributed by atoms with Crippen molar-refractivity contribution in [3.05, 3.63) is 161 Å². The van der Waals surface area contributed by atoms with Crippen LogP contribution in [-0.2, 0) is 42.7 Å². The van der Waals surface area contributed by atoms with Gasteiger partial charge < -0.3 is 68.7 Å². The number of Topliss-reactive ketones (excluding diaryl/α,β-unsaturated/α-hetero) is 1. The van der Waals surface area contributed by atoms with E-state index in [-0.39, 0.29) is 45.7 Å². The zero-order chi connectivity index (χ0) is 68.1. The molecule has 1 amide bonds. The molecular weight excluding hydrogens is 1210 g/mol. The molecule has 1 fully saturated rings. The number of methoxy groups -OCH3 is 1. The molecule has 0 radical (unpaired) electrons. The van der Waals surface area contributed by atoms with Crippen molar-refractivity contribution >= 4 is 58.2 Å². The molecule has 4 aliphatic heterocycles. The van der Waals surface area contributed by atoms with Gasteiger partial charge in [0.05, 0.1) is 69.7 Å². The second-order valence-corrected chi connectivity index (χ2v) is 24.3. The standard InChI is InChI=1S/C72H85N3O19/c1-11-12-13-14-15-25-36-75(68-65(93-71(86)49-33-23-18-24-34-49)64(92-70(85)48-31-21-17-22-32-48)52(91-68)39-88-69(84)47-29-19-16-20-30-47)73-38-50-56-61(81)54-53(60(50)80)55-63(45(7)59(54)79)94-72(9,66(55)82)89-37-35-51(87-10)42(4)62(90-46(8)76)44(6)58(78)43(5)57(77)40(2)27-26-28-41(3)67(83)74-56/h16-24,26-35,37-38,40,42-44,51-52,57-58,62,64-65,68,77-81H,11-15,25,36,39H2,1-10H3,(H,74,83)/b27-26+,37-35+,41-28+,73-38-. The number of ether oxygens (including phenoxy) is 8. The van der Waals surface area contributed by atoms with Crippen LogP contribution in [0.5, 0.6) is 23.0 Å². The molecule has 0 aromatic heterocycles. The number of anilines is 1. The number of aliphatic hydroxyl groups excluding tert-OH is 2. The summed E-state index contributed by atoms with van der Waals surface area (Å²) in [6.07, 6.45) is 2.83. The molecule has 5 aromatic carbocycles. The van der Waals surface area contributed by atoms with E-state index in [1.807, 2.05) is 0 Å². The Labute approximate surface area is 546 Å². The van der Waals surface area contributed by atoms with E-state index < -0.39 is 160 Å². The zero-order valence-electron chi connectivity index (χ0n) is 54.6. The Morgan fingerprint density at radius 3 is 1.88 bits per heavy atom. The van der Waals surface area contributed by atoms with Crippen LogP contribution in [0.25, 0.3) is 10.8 Å². The minimum absolute atomic E-state index is 0.0146. The van der Waals surface area contributed by atoms with E-state index in [0.29, 0.717) is 12.8 Å². The summed E-state index contributed by atoms with van der Waals surface area (Å²) >= 11 is 0. The Morgan fingerprint density at radius 2 is 1.29 bits per heavy atom. The van der Waals surface area contributed by atoms with Gasteiger partial charge in [-0.3, -0.25) is 19.4 Å². The lowest BCUT2D eigenvalue weighted by molar-refractivity contribution is -0.160. The van der Waals surface area contributed by atoms with E-state index in [1.165, 1.54) is 82.3 Å². The number of carbonyl (C=O) groups is 6. The lowest BCUT2D eigenvalue weighted by Gasteiger charge is -2.38. The van der Waals surface area contributed by atoms with E-state index in [9.17, 15) is 49.5 Å². The molecule has 4 aliphatic rings. The number of rotatable bonds is 19. The number of benzene rings is 5. The molecule has 0 spiro atoms. The number of fused-ring (bicyclic) bond motifs is 14. The number of nitrogens with zero attached hydrogens (tertiary/aromatic N) is 2. The lowest BCUT2D eigenvalue weighted by atomic mass is 9.78. The van der Waals surface area contributed by atoms with E-state index in [0.717, 1.165) is 38.2 Å². The minimum Gasteiger partial charge on any atom is -0.507 e. The molecule has 0 saturated carbocycles. The van der Waals surface area contributed by atoms with Crippen LogP contribution in [0.1, 0.15) is 146 Å². The predicted octanol–water partition coefficient (Wildman–Crippen LogP) is 10.8. The Hall–Kier alpha value is -9.09. The molecule has 94 heavy (non-hydrogen) atoms. The summed E-state index contributed by atoms with van der Waals surface area (Å²) in [4.78, 5) is 84.5. The fourth-order valence-electron chi connectivity index (χ4n) is 12.0. The van der Waals surface area contributed by atoms with Crippen molar-refractivity contribution in [2.24, 2.45) is 28.8 Å². The summed E-state index contributed by atoms with van der Waals surface area (Å²) in [7, 11) is 1.40. The molecule has 6 N–H and O–H groups in total. The maximum Gasteiger partial charge on any atom is 0.338 e. The normalized spacial score (nSPS) is 27.0. The van der Waals surface area contributed by atoms with Crippen molar-refractivity contribution in [2.75, 3.05) is 25.6 Å². The fourth-order valence-corrected chi connectivity index (χ4v) is 12.0. The molecule has 0 aliphatic carbocycles. The van der Waals surface area contributed by atoms with Gasteiger partial charge in [-0.05, 0) is 62.7 Å². The lowest BCUT2D eigenvalue weighted by Crippen LogP contribution is -2.46. The van der Waals surface area contributed by atoms with Gasteiger partial charge in [-0.25, -0.2) is 14.4 Å². The summed E-state index contributed by atoms with van der Waals surface area (Å²) in [5, 5.41) is 69.3. The SMILES string of the molecule is CCCCCCCCN(/N=C\c1c2c(O)c3c(O)c(C)c4c(c3c1O)C(=O)C(C)(O/C=C/C(OC)C(C)C(OC(C)=O)C(C)C(O)C(C)C(O)C(C)/C=C/C=C(\C)C(=O)N2)O4)C1OC(COC(=O)c2ccccc2)C(OC(=O)c2ccccc2)C1OC(=O)c1ccccc1. The van der Waals surface area contributed by atoms with E-state index in [4.69, 9.17) is 43.0 Å². The highest BCUT2D eigenvalue weighted by molar-refractivity contribution is 6.24. The van der Waals surface area contributed by atoms with Crippen LogP contribution in [0.2, 0.25) is 0 Å². The van der Waals surface area contributed by atoms with Crippen LogP contribution in [0.4, 0.5) is 5.69 Å². The summed E-state index contributed by atoms with van der Waals surface area (Å²) in [5.41, 5.74) is -0.837. The van der Waals surface area contributed by atoms with Crippen LogP contribution in [0.15, 0.2) is 132 Å². The topological polar surface area (TPSA) is 305 Å². The van der Waals surface area contributed by atoms with Gasteiger partial charge in [0.2, 0.25) is 0 Å². The van der Waals surface area contributed by atoms with E-state index in [2.05, 4.69) is 12.2 Å². The first kappa shape index (κ1) is 70.8. The van der Waals surface area contributed by atoms with Crippen molar-refractivity contribution in [3.63, 3.8) is 0 Å². The molecule has 9 rings (SSSR count). The number of ketones is 1. The van der Waals surface area contributed by atoms with Gasteiger partial charge in [-0.2, -0.15) is 5.10 Å². The number of hydrogen-bond donors (Lipinski definition) is 6. The third-order valence-electron chi connectivity index (χ3n) is 17.6. The van der Waals surface area contributed by atoms with Gasteiger partial charge >= 0.3 is 29.7 Å². The quantitative estimate of drug-likeness (QED) is 0.00851. The first-order valence-electron chi connectivity index (χ1n) is 31.7. The van der Waals surface area contributed by atoms with Crippen molar-refractivity contribution in [3.8, 4) is 23.0 Å². The van der Waals surface area contributed by atoms with Crippen LogP contribution >= 0.6 is 0 Å². The molecular formula is C72H85N3O19. The van der Waals surface area contributed by atoms with Crippen LogP contribution < -0.4 is 10.1 Å². The molecule has 13 unspecified atom stereocenters. The first-order valence-corrected chi connectivity index (χ1v) is 31.7. The largest absolute Gasteiger partial charge is 0.507 e. The number of phenolic OH excluding ortho intramolecular Hbond substituents is 3. The smallest absolute Gasteiger partial charge is 0.338 e. The molecule has 22 nitrogen and oxygen atoms in total. The number of phenols is 3. The number of aliphatic hydroxyl groups is 2.